The van der Waals surface area contributed by atoms with Crippen LogP contribution in [0.2, 0.25) is 0 Å². The summed E-state index contributed by atoms with van der Waals surface area (Å²) in [6, 6.07) is 5.78. The molecular weight excluding hydrogens is 351 g/mol. The van der Waals surface area contributed by atoms with Crippen molar-refractivity contribution in [3.8, 4) is 0 Å². The van der Waals surface area contributed by atoms with Gasteiger partial charge in [0.05, 0.1) is 0 Å². The Labute approximate surface area is 92.9 Å². The van der Waals surface area contributed by atoms with Crippen molar-refractivity contribution >= 4 is 53.4 Å². The van der Waals surface area contributed by atoms with Crippen LogP contribution in [-0.4, -0.2) is 18.9 Å². The van der Waals surface area contributed by atoms with Gasteiger partial charge in [-0.15, -0.1) is 0 Å². The summed E-state index contributed by atoms with van der Waals surface area (Å²) < 4.78 is 2.05. The van der Waals surface area contributed by atoms with Gasteiger partial charge in [-0.25, -0.2) is 0 Å². The first kappa shape index (κ1) is 10.5. The van der Waals surface area contributed by atoms with Gasteiger partial charge in [0.1, 0.15) is 0 Å². The molecule has 1 aromatic rings. The van der Waals surface area contributed by atoms with E-state index >= 15 is 0 Å². The van der Waals surface area contributed by atoms with E-state index in [-0.39, 0.29) is 18.9 Å². The van der Waals surface area contributed by atoms with E-state index in [0.29, 0.717) is 0 Å². The van der Waals surface area contributed by atoms with Gasteiger partial charge in [-0.1, -0.05) is 0 Å². The quantitative estimate of drug-likeness (QED) is 0.587. The van der Waals surface area contributed by atoms with E-state index in [1.807, 2.05) is 18.2 Å². The van der Waals surface area contributed by atoms with Crippen molar-refractivity contribution in [3.63, 3.8) is 0 Å². The van der Waals surface area contributed by atoms with Gasteiger partial charge in [-0.2, -0.15) is 0 Å². The normalized spacial score (nSPS) is 9.92. The van der Waals surface area contributed by atoms with Crippen molar-refractivity contribution < 1.29 is 4.79 Å². The van der Waals surface area contributed by atoms with Crippen LogP contribution >= 0.6 is 30.0 Å². The molecule has 0 saturated heterocycles. The summed E-state index contributed by atoms with van der Waals surface area (Å²) in [5.41, 5.74) is 0.807. The van der Waals surface area contributed by atoms with Crippen LogP contribution in [0.15, 0.2) is 22.7 Å². The van der Waals surface area contributed by atoms with Gasteiger partial charge in [0.2, 0.25) is 0 Å². The molecule has 0 saturated carbocycles. The van der Waals surface area contributed by atoms with Gasteiger partial charge in [0.25, 0.3) is 0 Å². The van der Waals surface area contributed by atoms with Crippen LogP contribution in [-0.2, 0) is 0 Å². The van der Waals surface area contributed by atoms with E-state index in [9.17, 15) is 4.79 Å². The van der Waals surface area contributed by atoms with Crippen LogP contribution in [0.1, 0.15) is 17.3 Å². The van der Waals surface area contributed by atoms with Gasteiger partial charge in [0, 0.05) is 0 Å². The number of carbonyl (C=O) groups is 1. The second kappa shape index (κ2) is 4.56. The molecule has 0 aromatic heterocycles. The standard InChI is InChI=1S/C8H6Br2OSe/c1-5(11)7-4-6(9)2-3-8(7)12-10/h2-4H,1H3. The third kappa shape index (κ3) is 2.43. The van der Waals surface area contributed by atoms with Crippen molar-refractivity contribution in [2.75, 3.05) is 0 Å². The van der Waals surface area contributed by atoms with E-state index < -0.39 is 0 Å². The fourth-order valence-corrected chi connectivity index (χ4v) is 3.52. The number of rotatable bonds is 2. The van der Waals surface area contributed by atoms with Crippen molar-refractivity contribution in [2.24, 2.45) is 0 Å². The number of Topliss-reactive ketones (excluding diaryl/α,β-unsaturated/α-hetero) is 1. The van der Waals surface area contributed by atoms with Crippen LogP contribution < -0.4 is 4.46 Å². The Balaban J connectivity index is 3.21. The van der Waals surface area contributed by atoms with Crippen molar-refractivity contribution in [3.05, 3.63) is 28.2 Å². The molecule has 1 aromatic carbocycles. The Bertz CT molecular complexity index is 312. The number of ketones is 1. The Morgan fingerprint density at radius 2 is 2.17 bits per heavy atom. The molecule has 0 fully saturated rings. The van der Waals surface area contributed by atoms with Gasteiger partial charge >= 0.3 is 93.4 Å². The number of halogens is 2. The van der Waals surface area contributed by atoms with Gasteiger partial charge < -0.3 is 0 Å². The first-order valence-electron chi connectivity index (χ1n) is 3.24. The molecule has 0 amide bonds. The third-order valence-corrected chi connectivity index (χ3v) is 4.81. The molecule has 0 aliphatic rings. The average molecular weight is 357 g/mol. The van der Waals surface area contributed by atoms with E-state index in [4.69, 9.17) is 0 Å². The molecule has 1 rings (SSSR count). The Hall–Kier alpha value is 0.369. The maximum absolute atomic E-state index is 11.1. The molecular formula is C8H6Br2OSe. The average Bonchev–Trinajstić information content (AvgIpc) is 2.04. The summed E-state index contributed by atoms with van der Waals surface area (Å²) in [7, 11) is 0. The molecule has 0 heterocycles. The molecule has 0 aliphatic heterocycles. The van der Waals surface area contributed by atoms with Crippen LogP contribution in [0.3, 0.4) is 0 Å². The fourth-order valence-electron chi connectivity index (χ4n) is 0.845. The van der Waals surface area contributed by atoms with Gasteiger partial charge in [0.15, 0.2) is 0 Å². The first-order chi connectivity index (χ1) is 5.65. The summed E-state index contributed by atoms with van der Waals surface area (Å²) in [6.07, 6.45) is 0. The molecule has 0 spiro atoms. The monoisotopic (exact) mass is 356 g/mol. The number of carbonyl (C=O) groups excluding carboxylic acids is 1. The van der Waals surface area contributed by atoms with E-state index in [1.54, 1.807) is 6.92 Å². The van der Waals surface area contributed by atoms with Crippen molar-refractivity contribution in [1.29, 1.82) is 0 Å². The molecule has 0 aliphatic carbocycles. The molecule has 0 bridgehead atoms. The molecule has 0 N–H and O–H groups in total. The van der Waals surface area contributed by atoms with Gasteiger partial charge in [-0.3, -0.25) is 0 Å². The predicted molar refractivity (Wildman–Crippen MR) is 58.5 cm³/mol. The molecule has 64 valence electrons. The van der Waals surface area contributed by atoms with Crippen molar-refractivity contribution in [2.45, 2.75) is 6.92 Å². The molecule has 0 radical (unpaired) electrons. The summed E-state index contributed by atoms with van der Waals surface area (Å²) in [6.45, 7) is 1.59. The maximum atomic E-state index is 11.1. The molecule has 4 heteroatoms. The van der Waals surface area contributed by atoms with E-state index in [0.717, 1.165) is 14.5 Å². The molecule has 0 atom stereocenters. The number of hydrogen-bond acceptors (Lipinski definition) is 1. The van der Waals surface area contributed by atoms with Crippen LogP contribution in [0, 0.1) is 0 Å². The SMILES string of the molecule is CC(=O)c1cc(Br)ccc1[Se]Br. The third-order valence-electron chi connectivity index (χ3n) is 1.40. The van der Waals surface area contributed by atoms with Gasteiger partial charge in [-0.05, 0) is 0 Å². The van der Waals surface area contributed by atoms with Crippen molar-refractivity contribution in [1.82, 2.24) is 0 Å². The Morgan fingerprint density at radius 3 is 2.67 bits per heavy atom. The predicted octanol–water partition coefficient (Wildman–Crippen LogP) is 2.29. The Kier molecular flexibility index (Phi) is 3.97. The molecule has 0 unspecified atom stereocenters. The summed E-state index contributed by atoms with van der Waals surface area (Å²) >= 11 is 6.93. The van der Waals surface area contributed by atoms with E-state index in [2.05, 4.69) is 30.0 Å². The first-order valence-corrected chi connectivity index (χ1v) is 8.90. The van der Waals surface area contributed by atoms with Crippen LogP contribution in [0.4, 0.5) is 0 Å². The zero-order valence-corrected chi connectivity index (χ0v) is 11.2. The fraction of sp³-hybridized carbons (Fsp3) is 0.125. The Morgan fingerprint density at radius 1 is 1.50 bits per heavy atom. The second-order valence-electron chi connectivity index (χ2n) is 2.27. The molecule has 12 heavy (non-hydrogen) atoms. The number of hydrogen-bond donors (Lipinski definition) is 0. The zero-order chi connectivity index (χ0) is 9.14. The summed E-state index contributed by atoms with van der Waals surface area (Å²) in [5, 5.41) is 0. The minimum absolute atomic E-state index is 0.118. The van der Waals surface area contributed by atoms with Crippen LogP contribution in [0.25, 0.3) is 0 Å². The minimum atomic E-state index is 0.118. The summed E-state index contributed by atoms with van der Waals surface area (Å²) in [4.78, 5) is 11.1. The topological polar surface area (TPSA) is 17.1 Å². The van der Waals surface area contributed by atoms with E-state index in [1.165, 1.54) is 0 Å². The zero-order valence-electron chi connectivity index (χ0n) is 6.30. The summed E-state index contributed by atoms with van der Waals surface area (Å²) in [5.74, 6) is 0.118. The number of benzene rings is 1. The second-order valence-corrected chi connectivity index (χ2v) is 6.12. The van der Waals surface area contributed by atoms with Crippen LogP contribution in [0.5, 0.6) is 0 Å². The molecule has 1 nitrogen and oxygen atoms in total.